The lowest BCUT2D eigenvalue weighted by Gasteiger charge is -2.29. The normalized spacial score (nSPS) is 14.9. The lowest BCUT2D eigenvalue weighted by Crippen LogP contribution is -2.43. The molecule has 1 aliphatic rings. The van der Waals surface area contributed by atoms with Gasteiger partial charge >= 0.3 is 0 Å². The number of nitrogens with zero attached hydrogens (tertiary/aromatic N) is 3. The van der Waals surface area contributed by atoms with Crippen LogP contribution in [0.4, 0.5) is 5.13 Å². The number of aromatic nitrogens is 1. The largest absolute Gasteiger partial charge is 0.379 e. The van der Waals surface area contributed by atoms with Crippen molar-refractivity contribution in [2.75, 3.05) is 44.3 Å². The maximum absolute atomic E-state index is 13.8. The predicted octanol–water partition coefficient (Wildman–Crippen LogP) is 4.43. The van der Waals surface area contributed by atoms with Crippen molar-refractivity contribution in [1.29, 1.82) is 0 Å². The highest BCUT2D eigenvalue weighted by atomic mass is 32.1. The fourth-order valence-electron chi connectivity index (χ4n) is 3.88. The van der Waals surface area contributed by atoms with Gasteiger partial charge in [0, 0.05) is 31.7 Å². The van der Waals surface area contributed by atoms with Crippen molar-refractivity contribution >= 4 is 43.4 Å². The first-order chi connectivity index (χ1) is 14.8. The highest BCUT2D eigenvalue weighted by Crippen LogP contribution is 2.30. The fourth-order valence-corrected chi connectivity index (χ4v) is 4.87. The third kappa shape index (κ3) is 3.81. The number of amides is 1. The number of rotatable bonds is 5. The van der Waals surface area contributed by atoms with E-state index in [4.69, 9.17) is 9.72 Å². The highest BCUT2D eigenvalue weighted by molar-refractivity contribution is 7.22. The second-order valence-electron chi connectivity index (χ2n) is 7.40. The third-order valence-electron chi connectivity index (χ3n) is 5.52. The average Bonchev–Trinajstić information content (AvgIpc) is 3.23. The molecule has 5 nitrogen and oxygen atoms in total. The summed E-state index contributed by atoms with van der Waals surface area (Å²) in [6.07, 6.45) is 0. The molecule has 6 heteroatoms. The van der Waals surface area contributed by atoms with E-state index in [0.29, 0.717) is 12.1 Å². The minimum absolute atomic E-state index is 0.000819. The zero-order chi connectivity index (χ0) is 20.3. The van der Waals surface area contributed by atoms with Gasteiger partial charge in [0.25, 0.3) is 5.91 Å². The molecule has 0 spiro atoms. The molecule has 1 fully saturated rings. The molecule has 30 heavy (non-hydrogen) atoms. The second-order valence-corrected chi connectivity index (χ2v) is 8.41. The summed E-state index contributed by atoms with van der Waals surface area (Å²) < 4.78 is 6.56. The lowest BCUT2D eigenvalue weighted by atomic mass is 10.0. The van der Waals surface area contributed by atoms with E-state index < -0.39 is 0 Å². The SMILES string of the molecule is O=C(c1cccc2ccccc12)N(CCN1CCOCC1)c1nc2ccccc2s1. The summed E-state index contributed by atoms with van der Waals surface area (Å²) >= 11 is 1.57. The van der Waals surface area contributed by atoms with Crippen molar-refractivity contribution in [1.82, 2.24) is 9.88 Å². The van der Waals surface area contributed by atoms with E-state index in [0.717, 1.165) is 59.0 Å². The van der Waals surface area contributed by atoms with Crippen LogP contribution < -0.4 is 4.90 Å². The molecule has 2 heterocycles. The van der Waals surface area contributed by atoms with E-state index in [1.807, 2.05) is 65.6 Å². The molecule has 152 valence electrons. The number of para-hydroxylation sites is 1. The molecule has 0 radical (unpaired) electrons. The van der Waals surface area contributed by atoms with Crippen LogP contribution >= 0.6 is 11.3 Å². The van der Waals surface area contributed by atoms with Gasteiger partial charge in [0.2, 0.25) is 0 Å². The molecule has 3 aromatic carbocycles. The number of carbonyl (C=O) groups excluding carboxylic acids is 1. The molecule has 4 aromatic rings. The van der Waals surface area contributed by atoms with E-state index in [1.54, 1.807) is 11.3 Å². The monoisotopic (exact) mass is 417 g/mol. The molecule has 0 aliphatic carbocycles. The first-order valence-corrected chi connectivity index (χ1v) is 11.1. The highest BCUT2D eigenvalue weighted by Gasteiger charge is 2.24. The Kier molecular flexibility index (Phi) is 5.45. The molecule has 0 saturated carbocycles. The molecule has 0 unspecified atom stereocenters. The van der Waals surface area contributed by atoms with Crippen LogP contribution in [0.5, 0.6) is 0 Å². The standard InChI is InChI=1S/C24H23N3O2S/c28-23(20-9-5-7-18-6-1-2-8-19(18)20)27(13-12-26-14-16-29-17-15-26)24-25-21-10-3-4-11-22(21)30-24/h1-11H,12-17H2. The van der Waals surface area contributed by atoms with Gasteiger partial charge in [-0.2, -0.15) is 0 Å². The van der Waals surface area contributed by atoms with Crippen LogP contribution in [0, 0.1) is 0 Å². The first kappa shape index (κ1) is 19.2. The number of carbonyl (C=O) groups is 1. The van der Waals surface area contributed by atoms with Crippen molar-refractivity contribution < 1.29 is 9.53 Å². The van der Waals surface area contributed by atoms with E-state index in [-0.39, 0.29) is 5.91 Å². The lowest BCUT2D eigenvalue weighted by molar-refractivity contribution is 0.0391. The van der Waals surface area contributed by atoms with E-state index in [9.17, 15) is 4.79 Å². The van der Waals surface area contributed by atoms with Crippen LogP contribution in [0.15, 0.2) is 66.7 Å². The van der Waals surface area contributed by atoms with Gasteiger partial charge in [0.1, 0.15) is 0 Å². The van der Waals surface area contributed by atoms with Gasteiger partial charge in [0.15, 0.2) is 5.13 Å². The fraction of sp³-hybridized carbons (Fsp3) is 0.250. The Morgan fingerprint density at radius 1 is 1.00 bits per heavy atom. The minimum Gasteiger partial charge on any atom is -0.379 e. The predicted molar refractivity (Wildman–Crippen MR) is 123 cm³/mol. The van der Waals surface area contributed by atoms with Crippen LogP contribution in [-0.4, -0.2) is 55.2 Å². The van der Waals surface area contributed by atoms with Crippen molar-refractivity contribution in [3.63, 3.8) is 0 Å². The number of anilines is 1. The summed E-state index contributed by atoms with van der Waals surface area (Å²) in [5, 5.41) is 2.80. The summed E-state index contributed by atoms with van der Waals surface area (Å²) in [6, 6.07) is 22.0. The average molecular weight is 418 g/mol. The zero-order valence-corrected chi connectivity index (χ0v) is 17.5. The smallest absolute Gasteiger partial charge is 0.260 e. The molecule has 1 aliphatic heterocycles. The van der Waals surface area contributed by atoms with Gasteiger partial charge < -0.3 is 4.74 Å². The number of hydrogen-bond donors (Lipinski definition) is 0. The Labute approximate surface area is 179 Å². The number of thiazole rings is 1. The summed E-state index contributed by atoms with van der Waals surface area (Å²) in [5.41, 5.74) is 1.65. The van der Waals surface area contributed by atoms with E-state index in [1.165, 1.54) is 0 Å². The van der Waals surface area contributed by atoms with Crippen molar-refractivity contribution in [3.05, 3.63) is 72.3 Å². The topological polar surface area (TPSA) is 45.7 Å². The number of benzene rings is 3. The van der Waals surface area contributed by atoms with Crippen molar-refractivity contribution in [2.45, 2.75) is 0 Å². The Morgan fingerprint density at radius 2 is 1.77 bits per heavy atom. The van der Waals surface area contributed by atoms with Gasteiger partial charge in [-0.15, -0.1) is 0 Å². The Morgan fingerprint density at radius 3 is 2.63 bits per heavy atom. The minimum atomic E-state index is -0.000819. The van der Waals surface area contributed by atoms with Crippen molar-refractivity contribution in [3.8, 4) is 0 Å². The molecular weight excluding hydrogens is 394 g/mol. The molecule has 0 N–H and O–H groups in total. The van der Waals surface area contributed by atoms with Gasteiger partial charge in [-0.3, -0.25) is 14.6 Å². The van der Waals surface area contributed by atoms with Crippen LogP contribution in [0.1, 0.15) is 10.4 Å². The first-order valence-electron chi connectivity index (χ1n) is 10.2. The van der Waals surface area contributed by atoms with Gasteiger partial charge in [-0.1, -0.05) is 59.9 Å². The Bertz CT molecular complexity index is 1140. The number of fused-ring (bicyclic) bond motifs is 2. The summed E-state index contributed by atoms with van der Waals surface area (Å²) in [4.78, 5) is 22.7. The molecular formula is C24H23N3O2S. The zero-order valence-electron chi connectivity index (χ0n) is 16.7. The summed E-state index contributed by atoms with van der Waals surface area (Å²) in [5.74, 6) is -0.000819. The molecule has 1 aromatic heterocycles. The Balaban J connectivity index is 1.51. The van der Waals surface area contributed by atoms with Gasteiger partial charge in [-0.05, 0) is 29.0 Å². The van der Waals surface area contributed by atoms with E-state index in [2.05, 4.69) is 11.0 Å². The Hall–Kier alpha value is -2.80. The molecule has 0 atom stereocenters. The summed E-state index contributed by atoms with van der Waals surface area (Å²) in [6.45, 7) is 4.70. The maximum atomic E-state index is 13.8. The van der Waals surface area contributed by atoms with Gasteiger partial charge in [-0.25, -0.2) is 4.98 Å². The molecule has 1 saturated heterocycles. The second kappa shape index (κ2) is 8.52. The van der Waals surface area contributed by atoms with Crippen LogP contribution in [0.3, 0.4) is 0 Å². The number of hydrogen-bond acceptors (Lipinski definition) is 5. The van der Waals surface area contributed by atoms with E-state index >= 15 is 0 Å². The molecule has 1 amide bonds. The third-order valence-corrected chi connectivity index (χ3v) is 6.58. The van der Waals surface area contributed by atoms with Crippen molar-refractivity contribution in [2.24, 2.45) is 0 Å². The maximum Gasteiger partial charge on any atom is 0.260 e. The van der Waals surface area contributed by atoms with Gasteiger partial charge in [0.05, 0.1) is 23.4 Å². The van der Waals surface area contributed by atoms with Crippen LogP contribution in [0.25, 0.3) is 21.0 Å². The quantitative estimate of drug-likeness (QED) is 0.482. The summed E-state index contributed by atoms with van der Waals surface area (Å²) in [7, 11) is 0. The molecule has 5 rings (SSSR count). The van der Waals surface area contributed by atoms with Crippen LogP contribution in [-0.2, 0) is 4.74 Å². The number of morpholine rings is 1. The molecule has 0 bridgehead atoms. The van der Waals surface area contributed by atoms with Crippen LogP contribution in [0.2, 0.25) is 0 Å². The number of ether oxygens (including phenoxy) is 1.